The molecule has 15 heavy (non-hydrogen) atoms. The summed E-state index contributed by atoms with van der Waals surface area (Å²) in [5, 5.41) is -0.215. The molecule has 4 atom stereocenters. The summed E-state index contributed by atoms with van der Waals surface area (Å²) in [6.07, 6.45) is 0.778. The van der Waals surface area contributed by atoms with E-state index in [1.807, 2.05) is 13.8 Å². The Morgan fingerprint density at radius 3 is 1.87 bits per heavy atom. The van der Waals surface area contributed by atoms with E-state index in [1.54, 1.807) is 0 Å². The van der Waals surface area contributed by atoms with Crippen LogP contribution in [-0.4, -0.2) is 27.9 Å². The van der Waals surface area contributed by atoms with E-state index < -0.39 is 4.87 Å². The molecule has 0 aromatic carbocycles. The molecule has 0 fully saturated rings. The number of hydrogen-bond donors (Lipinski definition) is 0. The van der Waals surface area contributed by atoms with Crippen molar-refractivity contribution in [1.82, 2.24) is 0 Å². The average Bonchev–Trinajstić information content (AvgIpc) is 2.27. The molecular weight excluding hydrogens is 297 g/mol. The molecule has 0 saturated heterocycles. The molecule has 0 heterocycles. The second-order valence-electron chi connectivity index (χ2n) is 3.77. The summed E-state index contributed by atoms with van der Waals surface area (Å²) in [5.74, 6) is 1.37. The Morgan fingerprint density at radius 1 is 1.07 bits per heavy atom. The van der Waals surface area contributed by atoms with Crippen molar-refractivity contribution in [3.05, 3.63) is 0 Å². The van der Waals surface area contributed by atoms with Gasteiger partial charge in [0.15, 0.2) is 0 Å². The lowest BCUT2D eigenvalue weighted by Gasteiger charge is -2.40. The lowest BCUT2D eigenvalue weighted by atomic mass is 9.79. The molecule has 0 aliphatic rings. The van der Waals surface area contributed by atoms with Gasteiger partial charge in [-0.1, -0.05) is 13.8 Å². The predicted molar refractivity (Wildman–Crippen MR) is 73.3 cm³/mol. The van der Waals surface area contributed by atoms with Crippen LogP contribution in [0.15, 0.2) is 0 Å². The van der Waals surface area contributed by atoms with Crippen LogP contribution in [0.1, 0.15) is 20.3 Å². The van der Waals surface area contributed by atoms with Gasteiger partial charge in [-0.05, 0) is 12.3 Å². The normalized spacial score (nSPS) is 21.8. The average molecular weight is 315 g/mol. The highest BCUT2D eigenvalue weighted by Crippen LogP contribution is 2.41. The fourth-order valence-electron chi connectivity index (χ4n) is 1.74. The second-order valence-corrected chi connectivity index (χ2v) is 5.96. The van der Waals surface area contributed by atoms with E-state index >= 15 is 0 Å². The van der Waals surface area contributed by atoms with Crippen molar-refractivity contribution in [3.8, 4) is 0 Å². The van der Waals surface area contributed by atoms with Crippen molar-refractivity contribution >= 4 is 58.0 Å². The summed E-state index contributed by atoms with van der Waals surface area (Å²) in [6, 6.07) is 0. The van der Waals surface area contributed by atoms with Gasteiger partial charge in [0, 0.05) is 23.6 Å². The zero-order valence-corrected chi connectivity index (χ0v) is 12.7. The minimum absolute atomic E-state index is 0.0289. The van der Waals surface area contributed by atoms with Crippen LogP contribution in [0.5, 0.6) is 0 Å². The molecule has 92 valence electrons. The number of halogens is 5. The van der Waals surface area contributed by atoms with Crippen LogP contribution in [-0.2, 0) is 0 Å². The molecule has 0 rings (SSSR count). The predicted octanol–water partition coefficient (Wildman–Crippen LogP) is 4.95. The van der Waals surface area contributed by atoms with Crippen LogP contribution in [0, 0.1) is 11.8 Å². The first-order valence-corrected chi connectivity index (χ1v) is 7.40. The molecule has 0 aromatic rings. The summed E-state index contributed by atoms with van der Waals surface area (Å²) in [4.78, 5) is -0.467. The van der Waals surface area contributed by atoms with Crippen molar-refractivity contribution in [2.45, 2.75) is 30.5 Å². The molecule has 0 saturated carbocycles. The smallest absolute Gasteiger partial charge is 0.0535 e. The van der Waals surface area contributed by atoms with Gasteiger partial charge in [-0.2, -0.15) is 0 Å². The molecule has 0 bridgehead atoms. The third kappa shape index (κ3) is 4.00. The topological polar surface area (TPSA) is 0 Å². The first kappa shape index (κ1) is 16.4. The Labute approximate surface area is 118 Å². The Balaban J connectivity index is 4.87. The maximum atomic E-state index is 6.60. The van der Waals surface area contributed by atoms with E-state index in [2.05, 4.69) is 0 Å². The van der Waals surface area contributed by atoms with Crippen molar-refractivity contribution in [2.24, 2.45) is 11.8 Å². The number of alkyl halides is 5. The van der Waals surface area contributed by atoms with Crippen LogP contribution in [0.2, 0.25) is 0 Å². The van der Waals surface area contributed by atoms with E-state index in [0.29, 0.717) is 17.6 Å². The Bertz CT molecular complexity index is 175. The minimum Gasteiger partial charge on any atom is -0.126 e. The van der Waals surface area contributed by atoms with E-state index in [4.69, 9.17) is 58.0 Å². The van der Waals surface area contributed by atoms with Crippen LogP contribution in [0.3, 0.4) is 0 Å². The van der Waals surface area contributed by atoms with E-state index in [1.165, 1.54) is 0 Å². The molecule has 0 radical (unpaired) electrons. The number of rotatable bonds is 7. The molecule has 0 spiro atoms. The van der Waals surface area contributed by atoms with Crippen LogP contribution >= 0.6 is 58.0 Å². The van der Waals surface area contributed by atoms with Gasteiger partial charge >= 0.3 is 0 Å². The molecule has 0 N–H and O–H groups in total. The Morgan fingerprint density at radius 2 is 1.60 bits per heavy atom. The van der Waals surface area contributed by atoms with Crippen molar-refractivity contribution < 1.29 is 0 Å². The van der Waals surface area contributed by atoms with Crippen molar-refractivity contribution in [1.29, 1.82) is 0 Å². The first-order valence-electron chi connectivity index (χ1n) is 4.98. The largest absolute Gasteiger partial charge is 0.126 e. The summed E-state index contributed by atoms with van der Waals surface area (Å²) in [5.41, 5.74) is 0. The molecule has 0 aromatic heterocycles. The Kier molecular flexibility index (Phi) is 8.46. The van der Waals surface area contributed by atoms with Crippen LogP contribution in [0.4, 0.5) is 0 Å². The fraction of sp³-hybridized carbons (Fsp3) is 1.00. The quantitative estimate of drug-likeness (QED) is 0.583. The molecule has 0 amide bonds. The molecule has 0 nitrogen and oxygen atoms in total. The maximum Gasteiger partial charge on any atom is 0.0535 e. The standard InChI is InChI=1S/C10H17Cl5/c1-3-10(15,7(2)4-11)8(5-12)9(14)6-13/h7-9H,3-6H2,1-2H3. The number of hydrogen-bond acceptors (Lipinski definition) is 0. The lowest BCUT2D eigenvalue weighted by Crippen LogP contribution is -2.45. The zero-order chi connectivity index (χ0) is 12.1. The Hall–Kier alpha value is 1.45. The van der Waals surface area contributed by atoms with Crippen LogP contribution < -0.4 is 0 Å². The third-order valence-corrected chi connectivity index (χ3v) is 5.62. The highest BCUT2D eigenvalue weighted by Gasteiger charge is 2.42. The van der Waals surface area contributed by atoms with E-state index in [9.17, 15) is 0 Å². The fourth-order valence-corrected chi connectivity index (χ4v) is 3.65. The molecular formula is C10H17Cl5. The molecule has 0 aliphatic heterocycles. The monoisotopic (exact) mass is 312 g/mol. The van der Waals surface area contributed by atoms with Crippen molar-refractivity contribution in [3.63, 3.8) is 0 Å². The van der Waals surface area contributed by atoms with Gasteiger partial charge in [0.25, 0.3) is 0 Å². The summed E-state index contributed by atoms with van der Waals surface area (Å²) < 4.78 is 0. The highest BCUT2D eigenvalue weighted by molar-refractivity contribution is 6.31. The van der Waals surface area contributed by atoms with Crippen LogP contribution in [0.25, 0.3) is 0 Å². The maximum absolute atomic E-state index is 6.60. The summed E-state index contributed by atoms with van der Waals surface area (Å²) in [7, 11) is 0. The summed E-state index contributed by atoms with van der Waals surface area (Å²) in [6.45, 7) is 4.04. The van der Waals surface area contributed by atoms with Gasteiger partial charge in [-0.15, -0.1) is 58.0 Å². The van der Waals surface area contributed by atoms with Gasteiger partial charge in [0.05, 0.1) is 10.3 Å². The highest BCUT2D eigenvalue weighted by atomic mass is 35.5. The first-order chi connectivity index (χ1) is 6.97. The van der Waals surface area contributed by atoms with Gasteiger partial charge in [-0.25, -0.2) is 0 Å². The minimum atomic E-state index is -0.467. The molecule has 5 heteroatoms. The van der Waals surface area contributed by atoms with Gasteiger partial charge in [-0.3, -0.25) is 0 Å². The second kappa shape index (κ2) is 7.71. The zero-order valence-electron chi connectivity index (χ0n) is 8.95. The van der Waals surface area contributed by atoms with Gasteiger partial charge in [0.2, 0.25) is 0 Å². The third-order valence-electron chi connectivity index (χ3n) is 2.96. The molecule has 4 unspecified atom stereocenters. The SMILES string of the molecule is CCC(Cl)(C(C)CCl)C(CCl)C(Cl)CCl. The van der Waals surface area contributed by atoms with E-state index in [-0.39, 0.29) is 17.2 Å². The van der Waals surface area contributed by atoms with Gasteiger partial charge < -0.3 is 0 Å². The summed E-state index contributed by atoms with van der Waals surface area (Å²) >= 11 is 30.3. The van der Waals surface area contributed by atoms with Gasteiger partial charge in [0.1, 0.15) is 0 Å². The lowest BCUT2D eigenvalue weighted by molar-refractivity contribution is 0.300. The van der Waals surface area contributed by atoms with Crippen molar-refractivity contribution in [2.75, 3.05) is 17.6 Å². The molecule has 0 aliphatic carbocycles. The van der Waals surface area contributed by atoms with E-state index in [0.717, 1.165) is 6.42 Å².